The van der Waals surface area contributed by atoms with E-state index < -0.39 is 47.2 Å². The fourth-order valence-electron chi connectivity index (χ4n) is 5.16. The van der Waals surface area contributed by atoms with Gasteiger partial charge in [-0.2, -0.15) is 0 Å². The van der Waals surface area contributed by atoms with Crippen LogP contribution in [0.25, 0.3) is 0 Å². The Kier molecular flexibility index (Phi) is 29.6. The molecule has 2 rings (SSSR count). The summed E-state index contributed by atoms with van der Waals surface area (Å²) in [7, 11) is 3.14. The first-order valence-corrected chi connectivity index (χ1v) is 21.9. The second kappa shape index (κ2) is 34.0. The number of ether oxygens (including phenoxy) is 10. The van der Waals surface area contributed by atoms with E-state index in [0.717, 1.165) is 4.68 Å². The van der Waals surface area contributed by atoms with Gasteiger partial charge in [-0.3, -0.25) is 0 Å². The number of halogens is 2. The van der Waals surface area contributed by atoms with Gasteiger partial charge in [0.25, 0.3) is 0 Å². The third-order valence-electron chi connectivity index (χ3n) is 8.34. The summed E-state index contributed by atoms with van der Waals surface area (Å²) in [6, 6.07) is 0. The number of esters is 4. The number of hydrogen-bond acceptors (Lipinski definition) is 20. The van der Waals surface area contributed by atoms with E-state index in [-0.39, 0.29) is 86.3 Å². The van der Waals surface area contributed by atoms with Gasteiger partial charge in [-0.1, -0.05) is 23.3 Å². The minimum Gasteiger partial charge on any atom is -0.476 e. The average molecular weight is 1040 g/mol. The molecule has 0 amide bonds. The Morgan fingerprint density at radius 3 is 1.28 bits per heavy atom. The zero-order valence-corrected chi connectivity index (χ0v) is 39.0. The van der Waals surface area contributed by atoms with E-state index >= 15 is 0 Å². The Balaban J connectivity index is 1.75. The van der Waals surface area contributed by atoms with Crippen molar-refractivity contribution in [2.45, 2.75) is 64.5 Å². The van der Waals surface area contributed by atoms with Crippen LogP contribution in [0.3, 0.4) is 0 Å². The third-order valence-corrected chi connectivity index (χ3v) is 10.3. The van der Waals surface area contributed by atoms with E-state index in [4.69, 9.17) is 52.5 Å². The molecule has 24 nitrogen and oxygen atoms in total. The third kappa shape index (κ3) is 22.0. The van der Waals surface area contributed by atoms with Gasteiger partial charge >= 0.3 is 35.8 Å². The molecule has 0 saturated heterocycles. The standard InChI is InChI=1S/C38H56Br2N6O18/c1-55-15-17-57-19-21-59-23-25-63-37(53)30-32(38(54)64-26-24-60-22-20-58-18-16-56-2)46(44-42-30)12-8-4-6-10-14-62-36(52)28(40)27(39)35(51)61-13-9-5-3-7-11-45-31(34(49)50)29(33(47)48)41-43-45/h3-26H2,1-2H3,(H,47,48)(H,49,50)/b28-27+. The molecule has 360 valence electrons. The molecule has 26 heteroatoms. The normalized spacial score (nSPS) is 11.6. The lowest BCUT2D eigenvalue weighted by Gasteiger charge is -2.10. The molecule has 0 radical (unpaired) electrons. The van der Waals surface area contributed by atoms with Crippen LogP contribution < -0.4 is 0 Å². The molecule has 2 heterocycles. The number of carbonyl (C=O) groups excluding carboxylic acids is 4. The highest BCUT2D eigenvalue weighted by Gasteiger charge is 2.28. The number of hydrogen-bond donors (Lipinski definition) is 2. The number of aryl methyl sites for hydroxylation is 2. The Morgan fingerprint density at radius 2 is 0.844 bits per heavy atom. The van der Waals surface area contributed by atoms with Crippen molar-refractivity contribution in [3.8, 4) is 0 Å². The van der Waals surface area contributed by atoms with Crippen LogP contribution in [0.5, 0.6) is 0 Å². The molecule has 0 atom stereocenters. The van der Waals surface area contributed by atoms with Crippen LogP contribution in [-0.4, -0.2) is 183 Å². The van der Waals surface area contributed by atoms with Gasteiger partial charge in [-0.15, -0.1) is 10.2 Å². The zero-order valence-electron chi connectivity index (χ0n) is 35.8. The number of unbranched alkanes of at least 4 members (excludes halogenated alkanes) is 6. The second-order valence-corrected chi connectivity index (χ2v) is 14.7. The molecule has 0 unspecified atom stereocenters. The van der Waals surface area contributed by atoms with E-state index in [2.05, 4.69) is 52.5 Å². The largest absolute Gasteiger partial charge is 0.476 e. The smallest absolute Gasteiger partial charge is 0.361 e. The lowest BCUT2D eigenvalue weighted by Crippen LogP contribution is -2.21. The summed E-state index contributed by atoms with van der Waals surface area (Å²) in [5.41, 5.74) is -1.62. The van der Waals surface area contributed by atoms with Gasteiger partial charge in [-0.05, 0) is 70.4 Å². The van der Waals surface area contributed by atoms with Crippen LogP contribution in [0.4, 0.5) is 0 Å². The Morgan fingerprint density at radius 1 is 0.453 bits per heavy atom. The highest BCUT2D eigenvalue weighted by molar-refractivity contribution is 9.14. The van der Waals surface area contributed by atoms with Crippen molar-refractivity contribution >= 4 is 67.7 Å². The van der Waals surface area contributed by atoms with Crippen molar-refractivity contribution < 1.29 is 86.3 Å². The first-order chi connectivity index (χ1) is 30.9. The molecular weight excluding hydrogens is 988 g/mol. The average Bonchev–Trinajstić information content (AvgIpc) is 3.92. The highest BCUT2D eigenvalue weighted by Crippen LogP contribution is 2.22. The Bertz CT molecular complexity index is 1770. The predicted octanol–water partition coefficient (Wildman–Crippen LogP) is 2.85. The molecule has 0 fully saturated rings. The van der Waals surface area contributed by atoms with E-state index in [1.165, 1.54) is 4.68 Å². The summed E-state index contributed by atoms with van der Waals surface area (Å²) in [4.78, 5) is 73.6. The van der Waals surface area contributed by atoms with Crippen LogP contribution >= 0.6 is 31.9 Å². The van der Waals surface area contributed by atoms with Crippen molar-refractivity contribution in [3.05, 3.63) is 31.7 Å². The molecule has 2 aromatic rings. The van der Waals surface area contributed by atoms with E-state index in [1.54, 1.807) is 14.2 Å². The predicted molar refractivity (Wildman–Crippen MR) is 225 cm³/mol. The van der Waals surface area contributed by atoms with Crippen LogP contribution in [0.1, 0.15) is 93.3 Å². The SMILES string of the molecule is COCCOCCOCCOC(=O)c1nnn(CCCCCCOC(=O)/C(Br)=C(\Br)C(=O)OCCCCCCn2nnc(C(=O)O)c2C(=O)O)c1C(=O)OCCOCCOCCOC. The molecule has 0 spiro atoms. The summed E-state index contributed by atoms with van der Waals surface area (Å²) in [5.74, 6) is -6.21. The quantitative estimate of drug-likeness (QED) is 0.0423. The van der Waals surface area contributed by atoms with Crippen LogP contribution in [0, 0.1) is 0 Å². The summed E-state index contributed by atoms with van der Waals surface area (Å²) in [6.45, 7) is 3.42. The summed E-state index contributed by atoms with van der Waals surface area (Å²) < 4.78 is 54.4. The number of rotatable bonds is 38. The molecule has 2 N–H and O–H groups in total. The number of carboxylic acids is 2. The molecule has 0 aliphatic carbocycles. The van der Waals surface area contributed by atoms with Gasteiger partial charge in [0.1, 0.15) is 22.2 Å². The number of carbonyl (C=O) groups is 6. The highest BCUT2D eigenvalue weighted by atomic mass is 79.9. The molecule has 0 aliphatic rings. The number of nitrogens with zero attached hydrogens (tertiary/aromatic N) is 6. The fourth-order valence-corrected chi connectivity index (χ4v) is 5.71. The fraction of sp³-hybridized carbons (Fsp3) is 0.684. The van der Waals surface area contributed by atoms with Crippen molar-refractivity contribution in [1.82, 2.24) is 30.0 Å². The van der Waals surface area contributed by atoms with Crippen LogP contribution in [-0.2, 0) is 70.0 Å². The monoisotopic (exact) mass is 1040 g/mol. The van der Waals surface area contributed by atoms with Gasteiger partial charge in [0, 0.05) is 27.3 Å². The molecule has 0 aromatic carbocycles. The van der Waals surface area contributed by atoms with Gasteiger partial charge in [0.05, 0.1) is 79.3 Å². The van der Waals surface area contributed by atoms with E-state index in [9.17, 15) is 33.9 Å². The minimum atomic E-state index is -1.48. The van der Waals surface area contributed by atoms with Crippen LogP contribution in [0.15, 0.2) is 8.96 Å². The van der Waals surface area contributed by atoms with Crippen molar-refractivity contribution in [3.63, 3.8) is 0 Å². The second-order valence-electron chi connectivity index (χ2n) is 13.1. The molecule has 0 aliphatic heterocycles. The Hall–Kier alpha value is -4.44. The maximum absolute atomic E-state index is 13.2. The zero-order chi connectivity index (χ0) is 47.0. The lowest BCUT2D eigenvalue weighted by molar-refractivity contribution is -0.141. The number of carboxylic acid groups (broad SMARTS) is 2. The summed E-state index contributed by atoms with van der Waals surface area (Å²) in [6.07, 6.45) is 4.40. The van der Waals surface area contributed by atoms with Crippen LogP contribution in [0.2, 0.25) is 0 Å². The van der Waals surface area contributed by atoms with Gasteiger partial charge in [0.2, 0.25) is 11.4 Å². The summed E-state index contributed by atoms with van der Waals surface area (Å²) in [5, 5.41) is 33.3. The minimum absolute atomic E-state index is 0.0444. The van der Waals surface area contributed by atoms with Crippen molar-refractivity contribution in [1.29, 1.82) is 0 Å². The van der Waals surface area contributed by atoms with Crippen molar-refractivity contribution in [2.24, 2.45) is 0 Å². The van der Waals surface area contributed by atoms with E-state index in [0.29, 0.717) is 91.0 Å². The molecular formula is C38H56Br2N6O18. The van der Waals surface area contributed by atoms with Gasteiger partial charge in [0.15, 0.2) is 11.4 Å². The van der Waals surface area contributed by atoms with Crippen molar-refractivity contribution in [2.75, 3.05) is 107 Å². The number of methoxy groups -OCH3 is 2. The molecule has 0 bridgehead atoms. The molecule has 2 aromatic heterocycles. The number of aromatic carboxylic acids is 2. The number of aromatic nitrogens is 6. The maximum Gasteiger partial charge on any atom is 0.361 e. The first kappa shape index (κ1) is 55.7. The Labute approximate surface area is 385 Å². The molecule has 64 heavy (non-hydrogen) atoms. The topological polar surface area (TPSA) is 297 Å². The maximum atomic E-state index is 13.2. The molecule has 0 saturated carbocycles. The van der Waals surface area contributed by atoms with E-state index in [1.807, 2.05) is 0 Å². The van der Waals surface area contributed by atoms with Gasteiger partial charge < -0.3 is 57.6 Å². The lowest BCUT2D eigenvalue weighted by atomic mass is 10.2. The summed E-state index contributed by atoms with van der Waals surface area (Å²) >= 11 is 6.14. The first-order valence-electron chi connectivity index (χ1n) is 20.3. The van der Waals surface area contributed by atoms with Gasteiger partial charge in [-0.25, -0.2) is 38.1 Å².